The van der Waals surface area contributed by atoms with Gasteiger partial charge in [-0.05, 0) is 50.8 Å². The number of aromatic nitrogens is 4. The minimum atomic E-state index is -0.379. The molecule has 1 unspecified atom stereocenters. The lowest BCUT2D eigenvalue weighted by molar-refractivity contribution is 0.213. The van der Waals surface area contributed by atoms with E-state index in [0.29, 0.717) is 47.8 Å². The number of hydrogen-bond donors (Lipinski definition) is 0. The molecule has 4 heterocycles. The molecule has 1 aromatic carbocycles. The second-order valence-corrected chi connectivity index (χ2v) is 8.23. The van der Waals surface area contributed by atoms with Crippen LogP contribution in [0.5, 0.6) is 0 Å². The molecule has 2 amide bonds. The highest BCUT2D eigenvalue weighted by molar-refractivity contribution is 5.96. The highest BCUT2D eigenvalue weighted by Crippen LogP contribution is 2.44. The van der Waals surface area contributed by atoms with E-state index in [1.165, 1.54) is 12.1 Å². The standard InChI is InChI=1S/C21H21FN6O2/c1-12-18-17(19-24-20(30-25-19)13-4-5-13)23-11-27(18)15-7-6-14(22)10-16(15)28(12)21(29)26-8-2-3-9-26/h6-7,10-13H,2-5,8-9H2,1H3. The second-order valence-electron chi connectivity index (χ2n) is 8.23. The van der Waals surface area contributed by atoms with Gasteiger partial charge in [0.1, 0.15) is 17.8 Å². The fraction of sp³-hybridized carbons (Fsp3) is 0.429. The molecule has 1 saturated heterocycles. The molecule has 6 rings (SSSR count). The van der Waals surface area contributed by atoms with Gasteiger partial charge in [-0.2, -0.15) is 4.98 Å². The van der Waals surface area contributed by atoms with Crippen LogP contribution in [0.25, 0.3) is 17.2 Å². The fourth-order valence-electron chi connectivity index (χ4n) is 4.50. The summed E-state index contributed by atoms with van der Waals surface area (Å²) < 4.78 is 21.5. The zero-order valence-corrected chi connectivity index (χ0v) is 16.6. The van der Waals surface area contributed by atoms with Crippen molar-refractivity contribution in [3.63, 3.8) is 0 Å². The van der Waals surface area contributed by atoms with Crippen LogP contribution in [0.4, 0.5) is 14.9 Å². The Morgan fingerprint density at radius 1 is 1.20 bits per heavy atom. The number of rotatable bonds is 2. The number of fused-ring (bicyclic) bond motifs is 3. The van der Waals surface area contributed by atoms with Crippen molar-refractivity contribution < 1.29 is 13.7 Å². The number of carbonyl (C=O) groups is 1. The number of anilines is 1. The number of nitrogens with zero attached hydrogens (tertiary/aromatic N) is 6. The number of halogens is 1. The van der Waals surface area contributed by atoms with Crippen molar-refractivity contribution in [1.29, 1.82) is 0 Å². The van der Waals surface area contributed by atoms with Crippen LogP contribution in [0.2, 0.25) is 0 Å². The van der Waals surface area contributed by atoms with E-state index in [-0.39, 0.29) is 17.9 Å². The lowest BCUT2D eigenvalue weighted by atomic mass is 10.0. The van der Waals surface area contributed by atoms with Gasteiger partial charge >= 0.3 is 6.03 Å². The smallest absolute Gasteiger partial charge is 0.325 e. The van der Waals surface area contributed by atoms with E-state index >= 15 is 0 Å². The quantitative estimate of drug-likeness (QED) is 0.639. The Bertz CT molecular complexity index is 1140. The molecular formula is C21H21FN6O2. The van der Waals surface area contributed by atoms with Gasteiger partial charge in [-0.15, -0.1) is 0 Å². The van der Waals surface area contributed by atoms with Gasteiger partial charge in [-0.25, -0.2) is 14.2 Å². The minimum Gasteiger partial charge on any atom is -0.339 e. The Morgan fingerprint density at radius 3 is 2.77 bits per heavy atom. The Kier molecular flexibility index (Phi) is 3.75. The number of amides is 2. The van der Waals surface area contributed by atoms with Crippen LogP contribution >= 0.6 is 0 Å². The van der Waals surface area contributed by atoms with Crippen LogP contribution in [-0.4, -0.2) is 43.7 Å². The predicted octanol–water partition coefficient (Wildman–Crippen LogP) is 4.04. The Morgan fingerprint density at radius 2 is 2.00 bits per heavy atom. The third-order valence-electron chi connectivity index (χ3n) is 6.21. The molecule has 0 N–H and O–H groups in total. The molecule has 3 aliphatic rings. The van der Waals surface area contributed by atoms with Gasteiger partial charge in [0, 0.05) is 19.0 Å². The zero-order chi connectivity index (χ0) is 20.4. The van der Waals surface area contributed by atoms with Crippen molar-refractivity contribution in [2.75, 3.05) is 18.0 Å². The summed E-state index contributed by atoms with van der Waals surface area (Å²) in [6, 6.07) is 4.02. The first kappa shape index (κ1) is 17.6. The van der Waals surface area contributed by atoms with Crippen molar-refractivity contribution >= 4 is 11.7 Å². The van der Waals surface area contributed by atoms with Crippen molar-refractivity contribution in [2.45, 2.75) is 44.6 Å². The summed E-state index contributed by atoms with van der Waals surface area (Å²) in [6.07, 6.45) is 5.79. The molecule has 1 aliphatic carbocycles. The van der Waals surface area contributed by atoms with Crippen molar-refractivity contribution in [1.82, 2.24) is 24.6 Å². The van der Waals surface area contributed by atoms with E-state index in [9.17, 15) is 9.18 Å². The fourth-order valence-corrected chi connectivity index (χ4v) is 4.50. The second kappa shape index (κ2) is 6.38. The van der Waals surface area contributed by atoms with Crippen LogP contribution in [0, 0.1) is 5.82 Å². The minimum absolute atomic E-state index is 0.114. The monoisotopic (exact) mass is 408 g/mol. The summed E-state index contributed by atoms with van der Waals surface area (Å²) in [7, 11) is 0. The number of hydrogen-bond acceptors (Lipinski definition) is 5. The van der Waals surface area contributed by atoms with Gasteiger partial charge in [0.25, 0.3) is 0 Å². The third kappa shape index (κ3) is 2.57. The van der Waals surface area contributed by atoms with Gasteiger partial charge in [-0.1, -0.05) is 5.16 Å². The largest absolute Gasteiger partial charge is 0.339 e. The number of imidazole rings is 1. The summed E-state index contributed by atoms with van der Waals surface area (Å²) in [5.74, 6) is 1.04. The van der Waals surface area contributed by atoms with Crippen LogP contribution in [0.1, 0.15) is 56.2 Å². The average Bonchev–Trinajstić information content (AvgIpc) is 3.17. The summed E-state index contributed by atoms with van der Waals surface area (Å²) in [6.45, 7) is 3.36. The summed E-state index contributed by atoms with van der Waals surface area (Å²) in [5, 5.41) is 4.14. The van der Waals surface area contributed by atoms with Crippen LogP contribution in [-0.2, 0) is 0 Å². The Balaban J connectivity index is 1.49. The van der Waals surface area contributed by atoms with Crippen LogP contribution in [0.3, 0.4) is 0 Å². The number of likely N-dealkylation sites (tertiary alicyclic amines) is 1. The highest BCUT2D eigenvalue weighted by Gasteiger charge is 2.39. The SMILES string of the molecule is CC1c2c(-c3noc(C4CC4)n3)ncn2-c2ccc(F)cc2N1C(=O)N1CCCC1. The average molecular weight is 408 g/mol. The topological polar surface area (TPSA) is 80.3 Å². The molecule has 8 nitrogen and oxygen atoms in total. The Hall–Kier alpha value is -3.23. The van der Waals surface area contributed by atoms with E-state index in [1.54, 1.807) is 17.3 Å². The van der Waals surface area contributed by atoms with Gasteiger partial charge in [0.15, 0.2) is 0 Å². The number of urea groups is 1. The normalized spacial score (nSPS) is 20.4. The molecule has 0 bridgehead atoms. The lowest BCUT2D eigenvalue weighted by Crippen LogP contribution is -2.45. The molecule has 154 valence electrons. The molecule has 1 saturated carbocycles. The maximum Gasteiger partial charge on any atom is 0.325 e. The van der Waals surface area contributed by atoms with E-state index in [4.69, 9.17) is 4.52 Å². The molecule has 2 fully saturated rings. The maximum absolute atomic E-state index is 14.2. The third-order valence-corrected chi connectivity index (χ3v) is 6.21. The van der Waals surface area contributed by atoms with Crippen molar-refractivity contribution in [3.8, 4) is 17.2 Å². The molecule has 3 aromatic rings. The van der Waals surface area contributed by atoms with Gasteiger partial charge in [0.2, 0.25) is 11.7 Å². The highest BCUT2D eigenvalue weighted by atomic mass is 19.1. The van der Waals surface area contributed by atoms with Crippen molar-refractivity contribution in [3.05, 3.63) is 41.9 Å². The van der Waals surface area contributed by atoms with E-state index in [0.717, 1.165) is 31.4 Å². The van der Waals surface area contributed by atoms with Crippen LogP contribution < -0.4 is 4.90 Å². The Labute approximate surface area is 172 Å². The van der Waals surface area contributed by atoms with E-state index < -0.39 is 0 Å². The lowest BCUT2D eigenvalue weighted by Gasteiger charge is -2.38. The summed E-state index contributed by atoms with van der Waals surface area (Å²) in [4.78, 5) is 26.0. The molecule has 0 radical (unpaired) electrons. The van der Waals surface area contributed by atoms with E-state index in [1.807, 2.05) is 16.4 Å². The summed E-state index contributed by atoms with van der Waals surface area (Å²) in [5.41, 5.74) is 2.64. The zero-order valence-electron chi connectivity index (χ0n) is 16.6. The predicted molar refractivity (Wildman–Crippen MR) is 106 cm³/mol. The van der Waals surface area contributed by atoms with Crippen molar-refractivity contribution in [2.24, 2.45) is 0 Å². The van der Waals surface area contributed by atoms with E-state index in [2.05, 4.69) is 15.1 Å². The molecule has 0 spiro atoms. The molecule has 2 aliphatic heterocycles. The molecule has 2 aromatic heterocycles. The van der Waals surface area contributed by atoms with Gasteiger partial charge < -0.3 is 9.42 Å². The molecular weight excluding hydrogens is 387 g/mol. The molecule has 9 heteroatoms. The number of carbonyl (C=O) groups excluding carboxylic acids is 1. The molecule has 30 heavy (non-hydrogen) atoms. The number of benzene rings is 1. The maximum atomic E-state index is 14.2. The first-order chi connectivity index (χ1) is 14.6. The van der Waals surface area contributed by atoms with Gasteiger partial charge in [0.05, 0.1) is 23.1 Å². The van der Waals surface area contributed by atoms with Crippen LogP contribution in [0.15, 0.2) is 29.0 Å². The first-order valence-electron chi connectivity index (χ1n) is 10.4. The first-order valence-corrected chi connectivity index (χ1v) is 10.4. The molecule has 1 atom stereocenters. The summed E-state index contributed by atoms with van der Waals surface area (Å²) >= 11 is 0. The van der Waals surface area contributed by atoms with Gasteiger partial charge in [-0.3, -0.25) is 9.47 Å².